The Hall–Kier alpha value is -1.58. The van der Waals surface area contributed by atoms with Gasteiger partial charge in [0, 0.05) is 24.0 Å². The minimum Gasteiger partial charge on any atom is -0.297 e. The van der Waals surface area contributed by atoms with Crippen LogP contribution in [-0.4, -0.2) is 14.6 Å². The lowest BCUT2D eigenvalue weighted by Crippen LogP contribution is -2.15. The Morgan fingerprint density at radius 3 is 3.21 bits per heavy atom. The SMILES string of the molecule is O=c1cc(CC2CC2)nc2cc[nH]n12. The largest absolute Gasteiger partial charge is 0.297 e. The first kappa shape index (κ1) is 7.79. The van der Waals surface area contributed by atoms with Gasteiger partial charge in [0.05, 0.1) is 0 Å². The van der Waals surface area contributed by atoms with Crippen molar-refractivity contribution < 1.29 is 0 Å². The van der Waals surface area contributed by atoms with Crippen LogP contribution in [0.3, 0.4) is 0 Å². The van der Waals surface area contributed by atoms with E-state index in [1.54, 1.807) is 12.3 Å². The van der Waals surface area contributed by atoms with Crippen LogP contribution in [-0.2, 0) is 6.42 Å². The van der Waals surface area contributed by atoms with Crippen molar-refractivity contribution in [1.82, 2.24) is 14.6 Å². The van der Waals surface area contributed by atoms with Crippen molar-refractivity contribution in [2.24, 2.45) is 5.92 Å². The van der Waals surface area contributed by atoms with Gasteiger partial charge in [0.25, 0.3) is 5.56 Å². The lowest BCUT2D eigenvalue weighted by Gasteiger charge is -1.98. The molecule has 0 aromatic carbocycles. The summed E-state index contributed by atoms with van der Waals surface area (Å²) >= 11 is 0. The fraction of sp³-hybridized carbons (Fsp3) is 0.400. The minimum atomic E-state index is -0.0179. The maximum absolute atomic E-state index is 11.6. The highest BCUT2D eigenvalue weighted by atomic mass is 16.1. The lowest BCUT2D eigenvalue weighted by molar-refractivity contribution is 0.788. The van der Waals surface area contributed by atoms with E-state index in [-0.39, 0.29) is 5.56 Å². The molecule has 1 N–H and O–H groups in total. The number of fused-ring (bicyclic) bond motifs is 1. The monoisotopic (exact) mass is 189 g/mol. The first-order valence-electron chi connectivity index (χ1n) is 4.89. The van der Waals surface area contributed by atoms with Gasteiger partial charge < -0.3 is 0 Å². The molecule has 2 aromatic rings. The van der Waals surface area contributed by atoms with Crippen LogP contribution in [0.2, 0.25) is 0 Å². The molecule has 1 aliphatic carbocycles. The number of aromatic nitrogens is 3. The molecule has 0 atom stereocenters. The van der Waals surface area contributed by atoms with Gasteiger partial charge in [-0.3, -0.25) is 9.89 Å². The highest BCUT2D eigenvalue weighted by molar-refractivity contribution is 5.36. The van der Waals surface area contributed by atoms with Crippen LogP contribution in [0.1, 0.15) is 18.5 Å². The minimum absolute atomic E-state index is 0.0179. The van der Waals surface area contributed by atoms with Crippen molar-refractivity contribution in [2.75, 3.05) is 0 Å². The Labute approximate surface area is 80.6 Å². The smallest absolute Gasteiger partial charge is 0.272 e. The van der Waals surface area contributed by atoms with Gasteiger partial charge in [-0.15, -0.1) is 0 Å². The molecule has 1 aliphatic rings. The van der Waals surface area contributed by atoms with Crippen LogP contribution in [0.5, 0.6) is 0 Å². The molecule has 72 valence electrons. The molecule has 0 spiro atoms. The van der Waals surface area contributed by atoms with Gasteiger partial charge in [-0.1, -0.05) is 0 Å². The number of nitrogens with one attached hydrogen (secondary N) is 1. The van der Waals surface area contributed by atoms with Crippen LogP contribution >= 0.6 is 0 Å². The molecule has 0 aliphatic heterocycles. The molecular weight excluding hydrogens is 178 g/mol. The fourth-order valence-corrected chi connectivity index (χ4v) is 1.70. The van der Waals surface area contributed by atoms with Gasteiger partial charge in [-0.25, -0.2) is 9.50 Å². The standard InChI is InChI=1S/C10H11N3O/c14-10-6-8(5-7-1-2-7)12-9-3-4-11-13(9)10/h3-4,6-7,11H,1-2,5H2. The van der Waals surface area contributed by atoms with Crippen molar-refractivity contribution in [3.8, 4) is 0 Å². The zero-order valence-corrected chi connectivity index (χ0v) is 7.73. The molecule has 1 fully saturated rings. The van der Waals surface area contributed by atoms with Crippen LogP contribution in [0.4, 0.5) is 0 Å². The summed E-state index contributed by atoms with van der Waals surface area (Å²) < 4.78 is 1.45. The number of rotatable bonds is 2. The first-order valence-corrected chi connectivity index (χ1v) is 4.89. The molecule has 0 bridgehead atoms. The lowest BCUT2D eigenvalue weighted by atomic mass is 10.2. The summed E-state index contributed by atoms with van der Waals surface area (Å²) in [4.78, 5) is 16.0. The summed E-state index contributed by atoms with van der Waals surface area (Å²) in [5.74, 6) is 0.767. The zero-order chi connectivity index (χ0) is 9.54. The molecule has 1 saturated carbocycles. The van der Waals surface area contributed by atoms with E-state index < -0.39 is 0 Å². The maximum Gasteiger partial charge on any atom is 0.272 e. The third-order valence-corrected chi connectivity index (χ3v) is 2.63. The van der Waals surface area contributed by atoms with Gasteiger partial charge >= 0.3 is 0 Å². The van der Waals surface area contributed by atoms with Crippen molar-refractivity contribution in [3.05, 3.63) is 34.4 Å². The zero-order valence-electron chi connectivity index (χ0n) is 7.73. The maximum atomic E-state index is 11.6. The summed E-state index contributed by atoms with van der Waals surface area (Å²) in [5, 5.41) is 2.83. The number of hydrogen-bond donors (Lipinski definition) is 1. The predicted molar refractivity (Wildman–Crippen MR) is 52.2 cm³/mol. The van der Waals surface area contributed by atoms with Crippen LogP contribution in [0.25, 0.3) is 5.65 Å². The van der Waals surface area contributed by atoms with Crippen LogP contribution in [0, 0.1) is 5.92 Å². The molecule has 14 heavy (non-hydrogen) atoms. The third kappa shape index (κ3) is 1.23. The summed E-state index contributed by atoms with van der Waals surface area (Å²) in [6.45, 7) is 0. The fourth-order valence-electron chi connectivity index (χ4n) is 1.70. The second-order valence-corrected chi connectivity index (χ2v) is 3.89. The Morgan fingerprint density at radius 2 is 2.43 bits per heavy atom. The molecule has 4 nitrogen and oxygen atoms in total. The number of nitrogens with zero attached hydrogens (tertiary/aromatic N) is 2. The Balaban J connectivity index is 2.11. The van der Waals surface area contributed by atoms with Crippen molar-refractivity contribution in [1.29, 1.82) is 0 Å². The van der Waals surface area contributed by atoms with Crippen molar-refractivity contribution >= 4 is 5.65 Å². The van der Waals surface area contributed by atoms with E-state index in [1.165, 1.54) is 17.4 Å². The van der Waals surface area contributed by atoms with Crippen molar-refractivity contribution in [3.63, 3.8) is 0 Å². The molecule has 0 saturated heterocycles. The van der Waals surface area contributed by atoms with Crippen molar-refractivity contribution in [2.45, 2.75) is 19.3 Å². The average molecular weight is 189 g/mol. The van der Waals surface area contributed by atoms with Gasteiger partial charge in [0.15, 0.2) is 5.65 Å². The summed E-state index contributed by atoms with van der Waals surface area (Å²) in [6.07, 6.45) is 5.25. The Kier molecular flexibility index (Phi) is 1.50. The van der Waals surface area contributed by atoms with E-state index in [0.717, 1.165) is 18.0 Å². The van der Waals surface area contributed by atoms with E-state index in [4.69, 9.17) is 0 Å². The molecular formula is C10H11N3O. The summed E-state index contributed by atoms with van der Waals surface area (Å²) in [5.41, 5.74) is 1.63. The third-order valence-electron chi connectivity index (χ3n) is 2.63. The van der Waals surface area contributed by atoms with E-state index in [1.807, 2.05) is 6.07 Å². The second-order valence-electron chi connectivity index (χ2n) is 3.89. The number of hydrogen-bond acceptors (Lipinski definition) is 2. The van der Waals surface area contributed by atoms with E-state index in [0.29, 0.717) is 5.65 Å². The predicted octanol–water partition coefficient (Wildman–Crippen LogP) is 0.975. The molecule has 0 amide bonds. The molecule has 0 radical (unpaired) electrons. The normalized spacial score (nSPS) is 16.3. The number of H-pyrrole nitrogens is 1. The molecule has 4 heteroatoms. The molecule has 2 heterocycles. The van der Waals surface area contributed by atoms with Crippen LogP contribution < -0.4 is 5.56 Å². The highest BCUT2D eigenvalue weighted by Crippen LogP contribution is 2.31. The Morgan fingerprint density at radius 1 is 1.57 bits per heavy atom. The van der Waals surface area contributed by atoms with E-state index in [2.05, 4.69) is 10.1 Å². The first-order chi connectivity index (χ1) is 6.83. The topological polar surface area (TPSA) is 50.2 Å². The van der Waals surface area contributed by atoms with E-state index in [9.17, 15) is 4.79 Å². The second kappa shape index (κ2) is 2.70. The number of aromatic amines is 1. The molecule has 0 unspecified atom stereocenters. The summed E-state index contributed by atoms with van der Waals surface area (Å²) in [7, 11) is 0. The summed E-state index contributed by atoms with van der Waals surface area (Å²) in [6, 6.07) is 3.44. The van der Waals surface area contributed by atoms with Gasteiger partial charge in [0.2, 0.25) is 0 Å². The average Bonchev–Trinajstić information content (AvgIpc) is 2.82. The highest BCUT2D eigenvalue weighted by Gasteiger charge is 2.22. The quantitative estimate of drug-likeness (QED) is 0.765. The van der Waals surface area contributed by atoms with Gasteiger partial charge in [-0.2, -0.15) is 0 Å². The van der Waals surface area contributed by atoms with Gasteiger partial charge in [-0.05, 0) is 25.2 Å². The molecule has 3 rings (SSSR count). The molecule has 2 aromatic heterocycles. The van der Waals surface area contributed by atoms with E-state index >= 15 is 0 Å². The van der Waals surface area contributed by atoms with Crippen LogP contribution in [0.15, 0.2) is 23.1 Å². The van der Waals surface area contributed by atoms with Gasteiger partial charge in [0.1, 0.15) is 0 Å². The Bertz CT molecular complexity index is 521.